The summed E-state index contributed by atoms with van der Waals surface area (Å²) in [7, 11) is -1.34. The third kappa shape index (κ3) is 5.84. The topological polar surface area (TPSA) is 40.6 Å². The second kappa shape index (κ2) is 9.76. The van der Waals surface area contributed by atoms with Crippen LogP contribution >= 0.6 is 11.6 Å². The average Bonchev–Trinajstić information content (AvgIpc) is 2.87. The van der Waals surface area contributed by atoms with Crippen molar-refractivity contribution < 1.29 is 8.42 Å². The standard InChI is InChI=1S/C21H31ClN2O2S/c1-5-19(11-10-18(3)22)23(4)20-13-15-24(16-14-20)27(25,26)21-8-6-7-17(2)9-12-21/h6-12,17,20H,5,13-16H2,1-4H3/b18-10+,19-11+. The Kier molecular flexibility index (Phi) is 7.95. The summed E-state index contributed by atoms with van der Waals surface area (Å²) in [6.45, 7) is 7.11. The smallest absolute Gasteiger partial charge is 0.243 e. The molecule has 1 aliphatic carbocycles. The van der Waals surface area contributed by atoms with E-state index in [-0.39, 0.29) is 5.92 Å². The van der Waals surface area contributed by atoms with Gasteiger partial charge in [0.2, 0.25) is 10.0 Å². The van der Waals surface area contributed by atoms with E-state index in [1.54, 1.807) is 16.5 Å². The first-order valence-electron chi connectivity index (χ1n) is 9.58. The van der Waals surface area contributed by atoms with Gasteiger partial charge in [0.1, 0.15) is 0 Å². The highest BCUT2D eigenvalue weighted by Crippen LogP contribution is 2.26. The lowest BCUT2D eigenvalue weighted by Gasteiger charge is -2.38. The lowest BCUT2D eigenvalue weighted by Crippen LogP contribution is -2.45. The lowest BCUT2D eigenvalue weighted by atomic mass is 10.0. The first-order valence-corrected chi connectivity index (χ1v) is 11.4. The highest BCUT2D eigenvalue weighted by molar-refractivity contribution is 7.93. The Balaban J connectivity index is 2.05. The molecule has 0 saturated carbocycles. The molecule has 1 saturated heterocycles. The normalized spacial score (nSPS) is 23.3. The van der Waals surface area contributed by atoms with Crippen LogP contribution in [0.1, 0.15) is 40.0 Å². The van der Waals surface area contributed by atoms with E-state index in [4.69, 9.17) is 11.6 Å². The number of sulfonamides is 1. The van der Waals surface area contributed by atoms with Crippen LogP contribution < -0.4 is 0 Å². The van der Waals surface area contributed by atoms with Crippen LogP contribution in [0.25, 0.3) is 0 Å². The van der Waals surface area contributed by atoms with E-state index < -0.39 is 10.0 Å². The molecule has 0 spiro atoms. The molecule has 0 N–H and O–H groups in total. The van der Waals surface area contributed by atoms with Gasteiger partial charge in [-0.2, -0.15) is 4.31 Å². The molecule has 0 amide bonds. The zero-order valence-corrected chi connectivity index (χ0v) is 18.3. The monoisotopic (exact) mass is 410 g/mol. The minimum Gasteiger partial charge on any atom is -0.375 e. The van der Waals surface area contributed by atoms with Gasteiger partial charge in [0.25, 0.3) is 0 Å². The average molecular weight is 411 g/mol. The molecule has 1 aliphatic heterocycles. The second-order valence-corrected chi connectivity index (χ2v) is 9.72. The van der Waals surface area contributed by atoms with E-state index in [1.165, 1.54) is 5.70 Å². The number of rotatable bonds is 6. The number of hydrogen-bond acceptors (Lipinski definition) is 3. The predicted molar refractivity (Wildman–Crippen MR) is 115 cm³/mol. The van der Waals surface area contributed by atoms with Gasteiger partial charge in [-0.25, -0.2) is 8.42 Å². The number of halogens is 1. The maximum Gasteiger partial charge on any atom is 0.243 e. The van der Waals surface area contributed by atoms with Crippen LogP contribution in [0, 0.1) is 5.92 Å². The van der Waals surface area contributed by atoms with Crippen molar-refractivity contribution in [2.45, 2.75) is 46.1 Å². The van der Waals surface area contributed by atoms with Gasteiger partial charge in [-0.3, -0.25) is 0 Å². The molecule has 0 radical (unpaired) electrons. The van der Waals surface area contributed by atoms with E-state index in [0.29, 0.717) is 24.0 Å². The molecule has 1 atom stereocenters. The summed E-state index contributed by atoms with van der Waals surface area (Å²) in [4.78, 5) is 2.65. The minimum atomic E-state index is -3.43. The van der Waals surface area contributed by atoms with Crippen molar-refractivity contribution in [3.05, 3.63) is 58.2 Å². The summed E-state index contributed by atoms with van der Waals surface area (Å²) in [5, 5.41) is 0.753. The Morgan fingerprint density at radius 2 is 1.96 bits per heavy atom. The van der Waals surface area contributed by atoms with Crippen LogP contribution in [0.2, 0.25) is 0 Å². The Morgan fingerprint density at radius 3 is 2.56 bits per heavy atom. The molecule has 27 heavy (non-hydrogen) atoms. The minimum absolute atomic E-state index is 0.248. The van der Waals surface area contributed by atoms with Crippen LogP contribution in [0.3, 0.4) is 0 Å². The fourth-order valence-corrected chi connectivity index (χ4v) is 4.97. The van der Waals surface area contributed by atoms with Crippen LogP contribution in [-0.2, 0) is 10.0 Å². The summed E-state index contributed by atoms with van der Waals surface area (Å²) in [6.07, 6.45) is 15.7. The van der Waals surface area contributed by atoms with Gasteiger partial charge in [-0.05, 0) is 56.4 Å². The first-order chi connectivity index (χ1) is 12.8. The second-order valence-electron chi connectivity index (χ2n) is 7.18. The first kappa shape index (κ1) is 22.0. The van der Waals surface area contributed by atoms with Crippen molar-refractivity contribution in [3.63, 3.8) is 0 Å². The van der Waals surface area contributed by atoms with Gasteiger partial charge in [0.05, 0.1) is 4.91 Å². The molecule has 0 aromatic rings. The number of hydrogen-bond donors (Lipinski definition) is 0. The van der Waals surface area contributed by atoms with Crippen molar-refractivity contribution >= 4 is 21.6 Å². The van der Waals surface area contributed by atoms with Crippen LogP contribution in [0.15, 0.2) is 58.2 Å². The van der Waals surface area contributed by atoms with Gasteiger partial charge < -0.3 is 4.90 Å². The van der Waals surface area contributed by atoms with Gasteiger partial charge in [-0.1, -0.05) is 43.7 Å². The SMILES string of the molecule is CC/C(=C\C=C(/C)Cl)N(C)C1CCN(S(=O)(=O)C2=CC=CC(C)C=C2)CC1. The molecule has 2 aliphatic rings. The van der Waals surface area contributed by atoms with Crippen molar-refractivity contribution in [1.29, 1.82) is 0 Å². The third-order valence-electron chi connectivity index (χ3n) is 5.17. The van der Waals surface area contributed by atoms with E-state index in [1.807, 2.05) is 38.2 Å². The van der Waals surface area contributed by atoms with Crippen molar-refractivity contribution in [1.82, 2.24) is 9.21 Å². The predicted octanol–water partition coefficient (Wildman–Crippen LogP) is 4.79. The molecule has 6 heteroatoms. The van der Waals surface area contributed by atoms with Crippen molar-refractivity contribution in [3.8, 4) is 0 Å². The highest BCUT2D eigenvalue weighted by atomic mass is 35.5. The molecule has 150 valence electrons. The maximum atomic E-state index is 13.0. The van der Waals surface area contributed by atoms with E-state index in [2.05, 4.69) is 24.9 Å². The van der Waals surface area contributed by atoms with Crippen LogP contribution in [-0.4, -0.2) is 43.8 Å². The fraction of sp³-hybridized carbons (Fsp3) is 0.524. The van der Waals surface area contributed by atoms with Gasteiger partial charge in [-0.15, -0.1) is 0 Å². The molecule has 1 unspecified atom stereocenters. The molecular weight excluding hydrogens is 380 g/mol. The van der Waals surface area contributed by atoms with Crippen molar-refractivity contribution in [2.75, 3.05) is 20.1 Å². The molecule has 0 bridgehead atoms. The fourth-order valence-electron chi connectivity index (χ4n) is 3.41. The summed E-state index contributed by atoms with van der Waals surface area (Å²) in [6, 6.07) is 0.338. The Morgan fingerprint density at radius 1 is 1.30 bits per heavy atom. The van der Waals surface area contributed by atoms with E-state index in [9.17, 15) is 8.42 Å². The molecule has 4 nitrogen and oxygen atoms in total. The summed E-state index contributed by atoms with van der Waals surface area (Å²) in [5.41, 5.74) is 1.21. The summed E-state index contributed by atoms with van der Waals surface area (Å²) in [5.74, 6) is 0.248. The highest BCUT2D eigenvalue weighted by Gasteiger charge is 2.31. The quantitative estimate of drug-likeness (QED) is 0.591. The Labute approximate surface area is 169 Å². The largest absolute Gasteiger partial charge is 0.375 e. The maximum absolute atomic E-state index is 13.0. The molecule has 1 fully saturated rings. The van der Waals surface area contributed by atoms with Gasteiger partial charge >= 0.3 is 0 Å². The zero-order valence-electron chi connectivity index (χ0n) is 16.7. The number of allylic oxidation sites excluding steroid dienone is 9. The molecule has 2 rings (SSSR count). The molecule has 1 heterocycles. The Bertz CT molecular complexity index is 766. The van der Waals surface area contributed by atoms with Crippen molar-refractivity contribution in [2.24, 2.45) is 5.92 Å². The summed E-state index contributed by atoms with van der Waals surface area (Å²) >= 11 is 5.94. The van der Waals surface area contributed by atoms with Crippen LogP contribution in [0.4, 0.5) is 0 Å². The molecule has 0 aromatic carbocycles. The zero-order chi connectivity index (χ0) is 20.0. The lowest BCUT2D eigenvalue weighted by molar-refractivity contribution is 0.199. The van der Waals surface area contributed by atoms with Gasteiger partial charge in [0, 0.05) is 36.9 Å². The van der Waals surface area contributed by atoms with Crippen LogP contribution in [0.5, 0.6) is 0 Å². The molecular formula is C21H31ClN2O2S. The third-order valence-corrected chi connectivity index (χ3v) is 7.21. The Hall–Kier alpha value is -1.30. The van der Waals surface area contributed by atoms with E-state index >= 15 is 0 Å². The molecule has 0 aromatic heterocycles. The van der Waals surface area contributed by atoms with Gasteiger partial charge in [0.15, 0.2) is 0 Å². The number of nitrogens with zero attached hydrogens (tertiary/aromatic N) is 2. The number of piperidine rings is 1. The summed E-state index contributed by atoms with van der Waals surface area (Å²) < 4.78 is 27.6. The van der Waals surface area contributed by atoms with E-state index in [0.717, 1.165) is 24.3 Å².